The zero-order valence-electron chi connectivity index (χ0n) is 8.93. The van der Waals surface area contributed by atoms with Crippen molar-refractivity contribution in [2.75, 3.05) is 5.75 Å². The maximum Gasteiger partial charge on any atom is 0.212 e. The lowest BCUT2D eigenvalue weighted by Gasteiger charge is -1.93. The van der Waals surface area contributed by atoms with Crippen molar-refractivity contribution in [3.05, 3.63) is 39.4 Å². The molecule has 0 aromatic carbocycles. The van der Waals surface area contributed by atoms with Crippen molar-refractivity contribution >= 4 is 40.2 Å². The molecular formula is C12H12OS3. The molecule has 16 heavy (non-hydrogen) atoms. The highest BCUT2D eigenvalue weighted by molar-refractivity contribution is 8.01. The third kappa shape index (κ3) is 2.75. The third-order valence-electron chi connectivity index (χ3n) is 2.00. The molecule has 0 saturated heterocycles. The largest absolute Gasteiger partial charge is 0.287 e. The predicted octanol–water partition coefficient (Wildman–Crippen LogP) is 4.54. The molecule has 0 N–H and O–H groups in total. The van der Waals surface area contributed by atoms with E-state index in [1.165, 1.54) is 15.5 Å². The Hall–Kier alpha value is -0.580. The van der Waals surface area contributed by atoms with Crippen LogP contribution in [0.25, 0.3) is 0 Å². The maximum absolute atomic E-state index is 12.0. The van der Waals surface area contributed by atoms with Gasteiger partial charge in [0, 0.05) is 0 Å². The highest BCUT2D eigenvalue weighted by atomic mass is 32.2. The summed E-state index contributed by atoms with van der Waals surface area (Å²) in [5.74, 6) is 1.27. The number of carbonyl (C=O) groups excluding carboxylic acids is 1. The van der Waals surface area contributed by atoms with Gasteiger partial charge in [0.25, 0.3) is 0 Å². The molecule has 0 spiro atoms. The second kappa shape index (κ2) is 5.66. The van der Waals surface area contributed by atoms with Gasteiger partial charge in [-0.15, -0.1) is 34.4 Å². The molecule has 1 nitrogen and oxygen atoms in total. The van der Waals surface area contributed by atoms with Gasteiger partial charge in [0.15, 0.2) is 0 Å². The van der Waals surface area contributed by atoms with Gasteiger partial charge >= 0.3 is 0 Å². The van der Waals surface area contributed by atoms with Crippen molar-refractivity contribution in [3.63, 3.8) is 0 Å². The first-order valence-electron chi connectivity index (χ1n) is 5.12. The first kappa shape index (κ1) is 11.9. The number of thiophene rings is 2. The van der Waals surface area contributed by atoms with E-state index < -0.39 is 0 Å². The minimum absolute atomic E-state index is 0.156. The molecule has 0 saturated carbocycles. The van der Waals surface area contributed by atoms with Gasteiger partial charge in [0.05, 0.1) is 14.0 Å². The molecule has 0 aliphatic carbocycles. The fourth-order valence-electron chi connectivity index (χ4n) is 1.25. The molecule has 0 atom stereocenters. The first-order chi connectivity index (χ1) is 7.81. The van der Waals surface area contributed by atoms with Gasteiger partial charge in [-0.3, -0.25) is 4.79 Å². The average molecular weight is 268 g/mol. The second-order valence-electron chi connectivity index (χ2n) is 3.27. The lowest BCUT2D eigenvalue weighted by Crippen LogP contribution is -1.93. The summed E-state index contributed by atoms with van der Waals surface area (Å²) in [7, 11) is 0. The summed E-state index contributed by atoms with van der Waals surface area (Å²) in [6, 6.07) is 7.78. The summed E-state index contributed by atoms with van der Waals surface area (Å²) in [5.41, 5.74) is 0. The fourth-order valence-corrected chi connectivity index (χ4v) is 4.01. The highest BCUT2D eigenvalue weighted by Crippen LogP contribution is 2.29. The minimum atomic E-state index is 0.156. The van der Waals surface area contributed by atoms with Crippen LogP contribution in [0, 0.1) is 0 Å². The fraction of sp³-hybridized carbons (Fsp3) is 0.250. The van der Waals surface area contributed by atoms with Crippen LogP contribution in [-0.2, 0) is 0 Å². The Labute approximate surface area is 108 Å². The standard InChI is InChI=1S/C12H12OS3/c1-2-7-15-11-6-5-10(16-11)12(13)9-4-3-8-14-9/h3-6,8H,2,7H2,1H3. The van der Waals surface area contributed by atoms with E-state index in [1.807, 2.05) is 41.4 Å². The molecule has 0 amide bonds. The topological polar surface area (TPSA) is 17.1 Å². The molecule has 2 aromatic rings. The lowest BCUT2D eigenvalue weighted by molar-refractivity contribution is 0.104. The summed E-state index contributed by atoms with van der Waals surface area (Å²) in [4.78, 5) is 13.7. The van der Waals surface area contributed by atoms with E-state index in [-0.39, 0.29) is 5.78 Å². The minimum Gasteiger partial charge on any atom is -0.287 e. The molecule has 0 radical (unpaired) electrons. The summed E-state index contributed by atoms with van der Waals surface area (Å²) in [6.45, 7) is 2.16. The van der Waals surface area contributed by atoms with Crippen molar-refractivity contribution in [1.82, 2.24) is 0 Å². The average Bonchev–Trinajstić information content (AvgIpc) is 2.96. The van der Waals surface area contributed by atoms with Crippen molar-refractivity contribution < 1.29 is 4.79 Å². The zero-order chi connectivity index (χ0) is 11.4. The van der Waals surface area contributed by atoms with Crippen LogP contribution in [0.4, 0.5) is 0 Å². The van der Waals surface area contributed by atoms with E-state index in [2.05, 4.69) is 6.92 Å². The van der Waals surface area contributed by atoms with E-state index in [0.717, 1.165) is 21.9 Å². The van der Waals surface area contributed by atoms with E-state index in [9.17, 15) is 4.79 Å². The highest BCUT2D eigenvalue weighted by Gasteiger charge is 2.12. The van der Waals surface area contributed by atoms with Crippen LogP contribution in [0.1, 0.15) is 27.9 Å². The molecule has 2 rings (SSSR count). The molecule has 0 fully saturated rings. The van der Waals surface area contributed by atoms with E-state index in [4.69, 9.17) is 0 Å². The van der Waals surface area contributed by atoms with Crippen LogP contribution < -0.4 is 0 Å². The summed E-state index contributed by atoms with van der Waals surface area (Å²) >= 11 is 4.93. The Morgan fingerprint density at radius 2 is 2.19 bits per heavy atom. The van der Waals surface area contributed by atoms with Crippen LogP contribution >= 0.6 is 34.4 Å². The molecule has 0 aliphatic rings. The number of rotatable bonds is 5. The van der Waals surface area contributed by atoms with Crippen molar-refractivity contribution in [2.24, 2.45) is 0 Å². The van der Waals surface area contributed by atoms with Crippen LogP contribution in [0.2, 0.25) is 0 Å². The Balaban J connectivity index is 2.10. The normalized spacial score (nSPS) is 10.6. The van der Waals surface area contributed by atoms with Gasteiger partial charge in [-0.2, -0.15) is 0 Å². The number of hydrogen-bond acceptors (Lipinski definition) is 4. The van der Waals surface area contributed by atoms with Crippen LogP contribution in [0.3, 0.4) is 0 Å². The third-order valence-corrected chi connectivity index (χ3v) is 5.38. The van der Waals surface area contributed by atoms with Gasteiger partial charge in [-0.05, 0) is 35.8 Å². The molecular weight excluding hydrogens is 256 g/mol. The van der Waals surface area contributed by atoms with Crippen molar-refractivity contribution in [2.45, 2.75) is 17.6 Å². The number of thioether (sulfide) groups is 1. The Bertz CT molecular complexity index is 456. The maximum atomic E-state index is 12.0. The summed E-state index contributed by atoms with van der Waals surface area (Å²) < 4.78 is 1.24. The van der Waals surface area contributed by atoms with Gasteiger partial charge in [-0.1, -0.05) is 13.0 Å². The Morgan fingerprint density at radius 3 is 2.88 bits per heavy atom. The smallest absolute Gasteiger partial charge is 0.212 e. The molecule has 0 unspecified atom stereocenters. The van der Waals surface area contributed by atoms with Gasteiger partial charge in [0.1, 0.15) is 0 Å². The van der Waals surface area contributed by atoms with Gasteiger partial charge in [-0.25, -0.2) is 0 Å². The van der Waals surface area contributed by atoms with Crippen molar-refractivity contribution in [3.8, 4) is 0 Å². The molecule has 84 valence electrons. The Kier molecular flexibility index (Phi) is 4.21. The lowest BCUT2D eigenvalue weighted by atomic mass is 10.3. The number of hydrogen-bond donors (Lipinski definition) is 0. The molecule has 2 heterocycles. The number of carbonyl (C=O) groups is 1. The second-order valence-corrected chi connectivity index (χ2v) is 6.70. The van der Waals surface area contributed by atoms with Gasteiger partial charge < -0.3 is 0 Å². The number of ketones is 1. The van der Waals surface area contributed by atoms with Crippen LogP contribution in [0.5, 0.6) is 0 Å². The Morgan fingerprint density at radius 1 is 1.31 bits per heavy atom. The van der Waals surface area contributed by atoms with E-state index in [1.54, 1.807) is 11.3 Å². The van der Waals surface area contributed by atoms with E-state index >= 15 is 0 Å². The van der Waals surface area contributed by atoms with Crippen molar-refractivity contribution in [1.29, 1.82) is 0 Å². The zero-order valence-corrected chi connectivity index (χ0v) is 11.4. The summed E-state index contributed by atoms with van der Waals surface area (Å²) in [6.07, 6.45) is 1.16. The monoisotopic (exact) mass is 268 g/mol. The SMILES string of the molecule is CCCSc1ccc(C(=O)c2cccs2)s1. The predicted molar refractivity (Wildman–Crippen MR) is 73.1 cm³/mol. The van der Waals surface area contributed by atoms with E-state index in [0.29, 0.717) is 0 Å². The van der Waals surface area contributed by atoms with Gasteiger partial charge in [0.2, 0.25) is 5.78 Å². The molecule has 4 heteroatoms. The molecule has 0 bridgehead atoms. The molecule has 0 aliphatic heterocycles. The quantitative estimate of drug-likeness (QED) is 0.585. The van der Waals surface area contributed by atoms with Crippen LogP contribution in [0.15, 0.2) is 33.9 Å². The first-order valence-corrected chi connectivity index (χ1v) is 7.80. The van der Waals surface area contributed by atoms with Crippen LogP contribution in [-0.4, -0.2) is 11.5 Å². The molecule has 2 aromatic heterocycles. The summed E-state index contributed by atoms with van der Waals surface area (Å²) in [5, 5.41) is 1.94.